The Bertz CT molecular complexity index is 651. The van der Waals surface area contributed by atoms with Gasteiger partial charge in [0.25, 0.3) is 0 Å². The van der Waals surface area contributed by atoms with Crippen LogP contribution in [-0.4, -0.2) is 22.8 Å². The summed E-state index contributed by atoms with van der Waals surface area (Å²) in [5, 5.41) is 5.33. The van der Waals surface area contributed by atoms with Crippen LogP contribution in [0.15, 0.2) is 28.9 Å². The molecule has 2 N–H and O–H groups in total. The van der Waals surface area contributed by atoms with E-state index in [4.69, 9.17) is 10.5 Å². The van der Waals surface area contributed by atoms with Crippen molar-refractivity contribution >= 4 is 50.4 Å². The number of nitrogens with zero attached hydrogens (tertiary/aromatic N) is 2. The van der Waals surface area contributed by atoms with Crippen LogP contribution in [0.4, 0.5) is 0 Å². The van der Waals surface area contributed by atoms with Crippen molar-refractivity contribution in [3.05, 3.63) is 28.9 Å². The van der Waals surface area contributed by atoms with E-state index in [0.717, 1.165) is 15.4 Å². The van der Waals surface area contributed by atoms with Crippen molar-refractivity contribution in [1.29, 1.82) is 0 Å². The summed E-state index contributed by atoms with van der Waals surface area (Å²) in [7, 11) is 1.58. The number of methoxy groups -OCH3 is 1. The van der Waals surface area contributed by atoms with Gasteiger partial charge in [0.2, 0.25) is 5.91 Å². The summed E-state index contributed by atoms with van der Waals surface area (Å²) in [5.74, 6) is 0.108. The standard InChI is InChI=1S/C11H10BrN3O2S/c1-17-9-3-6(12)2-8-7(9)5-14-15(8)11(18)4-10(13)16/h2-5,18H,1H3,(H2,13,16)/b11-4-. The van der Waals surface area contributed by atoms with Crippen LogP contribution in [0.2, 0.25) is 0 Å². The number of ether oxygens (including phenoxy) is 1. The molecule has 0 atom stereocenters. The van der Waals surface area contributed by atoms with Gasteiger partial charge in [-0.25, -0.2) is 4.68 Å². The largest absolute Gasteiger partial charge is 0.496 e. The van der Waals surface area contributed by atoms with E-state index in [9.17, 15) is 4.79 Å². The first-order valence-corrected chi connectivity index (χ1v) is 6.18. The van der Waals surface area contributed by atoms with Crippen molar-refractivity contribution in [2.45, 2.75) is 0 Å². The van der Waals surface area contributed by atoms with Gasteiger partial charge in [0.1, 0.15) is 10.8 Å². The Labute approximate surface area is 117 Å². The topological polar surface area (TPSA) is 70.1 Å². The van der Waals surface area contributed by atoms with Crippen molar-refractivity contribution in [1.82, 2.24) is 9.78 Å². The molecule has 7 heteroatoms. The molecule has 0 bridgehead atoms. The highest BCUT2D eigenvalue weighted by molar-refractivity contribution is 9.10. The van der Waals surface area contributed by atoms with Gasteiger partial charge in [-0.05, 0) is 12.1 Å². The first kappa shape index (κ1) is 13.0. The number of halogens is 1. The number of benzene rings is 1. The van der Waals surface area contributed by atoms with E-state index in [-0.39, 0.29) is 0 Å². The highest BCUT2D eigenvalue weighted by Crippen LogP contribution is 2.31. The molecule has 1 amide bonds. The molecule has 0 saturated carbocycles. The van der Waals surface area contributed by atoms with Gasteiger partial charge < -0.3 is 10.5 Å². The first-order valence-electron chi connectivity index (χ1n) is 4.94. The van der Waals surface area contributed by atoms with Crippen LogP contribution in [0.1, 0.15) is 0 Å². The Morgan fingerprint density at radius 1 is 1.61 bits per heavy atom. The number of carbonyl (C=O) groups is 1. The summed E-state index contributed by atoms with van der Waals surface area (Å²) < 4.78 is 7.61. The summed E-state index contributed by atoms with van der Waals surface area (Å²) in [6.07, 6.45) is 2.84. The minimum atomic E-state index is -0.578. The quantitative estimate of drug-likeness (QED) is 0.669. The van der Waals surface area contributed by atoms with E-state index in [1.165, 1.54) is 10.8 Å². The van der Waals surface area contributed by atoms with Gasteiger partial charge in [-0.2, -0.15) is 5.10 Å². The number of hydrogen-bond acceptors (Lipinski definition) is 4. The van der Waals surface area contributed by atoms with Gasteiger partial charge in [0.15, 0.2) is 0 Å². The molecule has 18 heavy (non-hydrogen) atoms. The molecule has 0 spiro atoms. The number of rotatable bonds is 3. The highest BCUT2D eigenvalue weighted by Gasteiger charge is 2.11. The Hall–Kier alpha value is -1.47. The normalized spacial score (nSPS) is 11.8. The number of thiol groups is 1. The van der Waals surface area contributed by atoms with Crippen LogP contribution >= 0.6 is 28.6 Å². The van der Waals surface area contributed by atoms with Gasteiger partial charge in [0.05, 0.1) is 24.2 Å². The lowest BCUT2D eigenvalue weighted by molar-refractivity contribution is -0.113. The number of fused-ring (bicyclic) bond motifs is 1. The predicted octanol–water partition coefficient (Wildman–Crippen LogP) is 2.02. The number of primary amides is 1. The van der Waals surface area contributed by atoms with Crippen LogP contribution in [0, 0.1) is 0 Å². The predicted molar refractivity (Wildman–Crippen MR) is 76.4 cm³/mol. The van der Waals surface area contributed by atoms with E-state index in [1.807, 2.05) is 12.1 Å². The lowest BCUT2D eigenvalue weighted by atomic mass is 10.2. The van der Waals surface area contributed by atoms with Gasteiger partial charge in [-0.15, -0.1) is 12.6 Å². The van der Waals surface area contributed by atoms with Crippen LogP contribution in [0.3, 0.4) is 0 Å². The van der Waals surface area contributed by atoms with Gasteiger partial charge in [0, 0.05) is 10.5 Å². The molecule has 0 unspecified atom stereocenters. The van der Waals surface area contributed by atoms with Gasteiger partial charge in [-0.1, -0.05) is 15.9 Å². The third-order valence-electron chi connectivity index (χ3n) is 2.32. The molecule has 0 aliphatic heterocycles. The maximum atomic E-state index is 10.9. The Balaban J connectivity index is 2.68. The molecule has 5 nitrogen and oxygen atoms in total. The van der Waals surface area contributed by atoms with E-state index < -0.39 is 5.91 Å². The summed E-state index contributed by atoms with van der Waals surface area (Å²) in [6, 6.07) is 3.69. The number of amides is 1. The van der Waals surface area contributed by atoms with Crippen LogP contribution in [0.25, 0.3) is 15.9 Å². The molecular weight excluding hydrogens is 318 g/mol. The van der Waals surface area contributed by atoms with Crippen LogP contribution < -0.4 is 10.5 Å². The lowest BCUT2D eigenvalue weighted by Gasteiger charge is -2.05. The molecule has 2 aromatic rings. The molecule has 1 aromatic carbocycles. The van der Waals surface area contributed by atoms with Crippen LogP contribution in [-0.2, 0) is 4.79 Å². The maximum Gasteiger partial charge on any atom is 0.244 e. The fourth-order valence-corrected chi connectivity index (χ4v) is 2.31. The zero-order chi connectivity index (χ0) is 13.3. The summed E-state index contributed by atoms with van der Waals surface area (Å²) in [5.41, 5.74) is 5.86. The summed E-state index contributed by atoms with van der Waals surface area (Å²) >= 11 is 7.59. The maximum absolute atomic E-state index is 10.9. The number of nitrogens with two attached hydrogens (primary N) is 1. The smallest absolute Gasteiger partial charge is 0.244 e. The van der Waals surface area contributed by atoms with E-state index in [2.05, 4.69) is 33.7 Å². The number of carbonyl (C=O) groups excluding carboxylic acids is 1. The van der Waals surface area contributed by atoms with E-state index >= 15 is 0 Å². The molecule has 0 aliphatic rings. The van der Waals surface area contributed by atoms with Crippen molar-refractivity contribution < 1.29 is 9.53 Å². The average molecular weight is 328 g/mol. The second-order valence-corrected chi connectivity index (χ2v) is 4.88. The minimum Gasteiger partial charge on any atom is -0.496 e. The number of aromatic nitrogens is 2. The second-order valence-electron chi connectivity index (χ2n) is 3.50. The zero-order valence-corrected chi connectivity index (χ0v) is 11.9. The Kier molecular flexibility index (Phi) is 3.63. The summed E-state index contributed by atoms with van der Waals surface area (Å²) in [4.78, 5) is 10.9. The lowest BCUT2D eigenvalue weighted by Crippen LogP contribution is -2.08. The minimum absolute atomic E-state index is 0.345. The monoisotopic (exact) mass is 327 g/mol. The molecule has 94 valence electrons. The average Bonchev–Trinajstić information content (AvgIpc) is 2.70. The van der Waals surface area contributed by atoms with E-state index in [1.54, 1.807) is 13.3 Å². The van der Waals surface area contributed by atoms with Crippen molar-refractivity contribution in [3.63, 3.8) is 0 Å². The molecule has 1 aromatic heterocycles. The van der Waals surface area contributed by atoms with Crippen molar-refractivity contribution in [3.8, 4) is 5.75 Å². The van der Waals surface area contributed by atoms with Crippen LogP contribution in [0.5, 0.6) is 5.75 Å². The molecule has 0 radical (unpaired) electrons. The van der Waals surface area contributed by atoms with Gasteiger partial charge in [-0.3, -0.25) is 4.79 Å². The summed E-state index contributed by atoms with van der Waals surface area (Å²) in [6.45, 7) is 0. The second kappa shape index (κ2) is 5.03. The Morgan fingerprint density at radius 2 is 2.33 bits per heavy atom. The molecular formula is C11H10BrN3O2S. The first-order chi connectivity index (χ1) is 8.52. The third kappa shape index (κ3) is 2.37. The molecule has 0 aliphatic carbocycles. The Morgan fingerprint density at radius 3 is 2.94 bits per heavy atom. The molecule has 0 saturated heterocycles. The highest BCUT2D eigenvalue weighted by atomic mass is 79.9. The third-order valence-corrected chi connectivity index (χ3v) is 3.10. The van der Waals surface area contributed by atoms with Gasteiger partial charge >= 0.3 is 0 Å². The fourth-order valence-electron chi connectivity index (χ4n) is 1.60. The SMILES string of the molecule is COc1cc(Br)cc2c1cnn2/C(S)=C/C(N)=O. The molecule has 2 rings (SSSR count). The van der Waals surface area contributed by atoms with Crippen molar-refractivity contribution in [2.24, 2.45) is 5.73 Å². The fraction of sp³-hybridized carbons (Fsp3) is 0.0909. The molecule has 0 fully saturated rings. The number of hydrogen-bond donors (Lipinski definition) is 2. The van der Waals surface area contributed by atoms with Crippen molar-refractivity contribution in [2.75, 3.05) is 7.11 Å². The zero-order valence-electron chi connectivity index (χ0n) is 9.42. The van der Waals surface area contributed by atoms with E-state index in [0.29, 0.717) is 10.8 Å². The molecule has 1 heterocycles.